The second-order valence-electron chi connectivity index (χ2n) is 9.86. The van der Waals surface area contributed by atoms with Crippen LogP contribution in [-0.4, -0.2) is 77.0 Å². The molecule has 32 heavy (non-hydrogen) atoms. The van der Waals surface area contributed by atoms with Gasteiger partial charge in [-0.25, -0.2) is 4.98 Å². The molecule has 3 aliphatic rings. The number of carbonyl (C=O) groups excluding carboxylic acids is 1. The van der Waals surface area contributed by atoms with E-state index in [0.717, 1.165) is 70.3 Å². The van der Waals surface area contributed by atoms with Crippen molar-refractivity contribution in [2.75, 3.05) is 49.5 Å². The van der Waals surface area contributed by atoms with Crippen molar-refractivity contribution in [1.82, 2.24) is 19.8 Å². The summed E-state index contributed by atoms with van der Waals surface area (Å²) in [4.78, 5) is 29.1. The van der Waals surface area contributed by atoms with E-state index >= 15 is 0 Å². The van der Waals surface area contributed by atoms with E-state index in [1.165, 1.54) is 44.9 Å². The zero-order valence-corrected chi connectivity index (χ0v) is 20.0. The molecule has 0 saturated carbocycles. The Morgan fingerprint density at radius 3 is 2.62 bits per heavy atom. The monoisotopic (exact) mass is 442 g/mol. The van der Waals surface area contributed by atoms with E-state index in [2.05, 4.69) is 38.0 Å². The Labute approximate surface area is 194 Å². The number of nitrogens with zero attached hydrogens (tertiary/aromatic N) is 5. The topological polar surface area (TPSA) is 64.6 Å². The largest absolute Gasteiger partial charge is 0.356 e. The number of rotatable bonds is 6. The molecule has 178 valence electrons. The maximum Gasteiger partial charge on any atom is 0.224 e. The molecular weight excluding hydrogens is 400 g/mol. The Kier molecular flexibility index (Phi) is 8.60. The number of hydrogen-bond acceptors (Lipinski definition) is 6. The average Bonchev–Trinajstić information content (AvgIpc) is 3.23. The molecule has 0 spiro atoms. The summed E-state index contributed by atoms with van der Waals surface area (Å²) < 4.78 is 0. The molecule has 3 saturated heterocycles. The van der Waals surface area contributed by atoms with Gasteiger partial charge >= 0.3 is 0 Å². The van der Waals surface area contributed by atoms with Crippen molar-refractivity contribution < 1.29 is 4.79 Å². The van der Waals surface area contributed by atoms with Gasteiger partial charge in [0.15, 0.2) is 0 Å². The molecule has 3 aliphatic heterocycles. The Morgan fingerprint density at radius 2 is 1.81 bits per heavy atom. The Morgan fingerprint density at radius 1 is 1.00 bits per heavy atom. The van der Waals surface area contributed by atoms with Crippen LogP contribution in [0.15, 0.2) is 12.3 Å². The van der Waals surface area contributed by atoms with Crippen LogP contribution in [0.3, 0.4) is 0 Å². The van der Waals surface area contributed by atoms with Gasteiger partial charge in [0.2, 0.25) is 11.9 Å². The van der Waals surface area contributed by atoms with Gasteiger partial charge in [-0.2, -0.15) is 4.98 Å². The van der Waals surface area contributed by atoms with Crippen molar-refractivity contribution in [3.63, 3.8) is 0 Å². The minimum atomic E-state index is 0.334. The lowest BCUT2D eigenvalue weighted by molar-refractivity contribution is -0.133. The molecule has 2 atom stereocenters. The van der Waals surface area contributed by atoms with Gasteiger partial charge in [0.25, 0.3) is 0 Å². The van der Waals surface area contributed by atoms with Gasteiger partial charge in [0.1, 0.15) is 5.82 Å². The van der Waals surface area contributed by atoms with Gasteiger partial charge in [-0.3, -0.25) is 9.69 Å². The molecule has 7 nitrogen and oxygen atoms in total. The first-order valence-corrected chi connectivity index (χ1v) is 13.1. The van der Waals surface area contributed by atoms with Crippen LogP contribution < -0.4 is 10.2 Å². The van der Waals surface area contributed by atoms with Crippen LogP contribution in [0.25, 0.3) is 0 Å². The van der Waals surface area contributed by atoms with Crippen molar-refractivity contribution in [2.24, 2.45) is 0 Å². The highest BCUT2D eigenvalue weighted by Crippen LogP contribution is 2.23. The summed E-state index contributed by atoms with van der Waals surface area (Å²) in [5, 5.41) is 3.67. The fourth-order valence-corrected chi connectivity index (χ4v) is 5.55. The van der Waals surface area contributed by atoms with Crippen LogP contribution in [0.1, 0.15) is 77.6 Å². The van der Waals surface area contributed by atoms with Gasteiger partial charge in [-0.15, -0.1) is 0 Å². The van der Waals surface area contributed by atoms with E-state index in [4.69, 9.17) is 4.98 Å². The second kappa shape index (κ2) is 11.8. The molecule has 1 aromatic heterocycles. The van der Waals surface area contributed by atoms with Gasteiger partial charge in [-0.1, -0.05) is 26.2 Å². The number of nitrogens with one attached hydrogen (secondary N) is 1. The van der Waals surface area contributed by atoms with Crippen LogP contribution in [0.2, 0.25) is 0 Å². The quantitative estimate of drug-likeness (QED) is 0.721. The first kappa shape index (κ1) is 23.3. The molecule has 4 heterocycles. The van der Waals surface area contributed by atoms with Gasteiger partial charge in [0, 0.05) is 57.4 Å². The third kappa shape index (κ3) is 6.33. The van der Waals surface area contributed by atoms with E-state index in [1.807, 2.05) is 6.20 Å². The molecule has 2 unspecified atom stereocenters. The van der Waals surface area contributed by atoms with Crippen molar-refractivity contribution in [3.8, 4) is 0 Å². The number of carbonyl (C=O) groups is 1. The number of aromatic nitrogens is 2. The molecule has 3 fully saturated rings. The van der Waals surface area contributed by atoms with E-state index in [-0.39, 0.29) is 0 Å². The van der Waals surface area contributed by atoms with Crippen molar-refractivity contribution in [2.45, 2.75) is 89.6 Å². The zero-order valence-electron chi connectivity index (χ0n) is 20.0. The maximum absolute atomic E-state index is 12.5. The molecule has 1 N–H and O–H groups in total. The smallest absolute Gasteiger partial charge is 0.224 e. The summed E-state index contributed by atoms with van der Waals surface area (Å²) in [5.41, 5.74) is 0. The van der Waals surface area contributed by atoms with E-state index < -0.39 is 0 Å². The number of anilines is 2. The highest BCUT2D eigenvalue weighted by atomic mass is 16.2. The minimum absolute atomic E-state index is 0.334. The van der Waals surface area contributed by atoms with Crippen LogP contribution >= 0.6 is 0 Å². The summed E-state index contributed by atoms with van der Waals surface area (Å²) >= 11 is 0. The van der Waals surface area contributed by atoms with Crippen LogP contribution in [0, 0.1) is 0 Å². The SMILES string of the molecule is CCCC(=O)N1CCCC(N2CCCCC(Nc3nccc(N4CCCCCC4)n3)C2)C1. The summed E-state index contributed by atoms with van der Waals surface area (Å²) in [6.45, 7) is 8.26. The van der Waals surface area contributed by atoms with E-state index in [1.54, 1.807) is 0 Å². The first-order chi connectivity index (χ1) is 15.7. The third-order valence-corrected chi connectivity index (χ3v) is 7.34. The van der Waals surface area contributed by atoms with Gasteiger partial charge in [0.05, 0.1) is 0 Å². The highest BCUT2D eigenvalue weighted by Gasteiger charge is 2.30. The maximum atomic E-state index is 12.5. The molecule has 7 heteroatoms. The van der Waals surface area contributed by atoms with Gasteiger partial charge < -0.3 is 15.1 Å². The molecule has 4 rings (SSSR count). The predicted octanol–water partition coefficient (Wildman–Crippen LogP) is 3.91. The normalized spacial score (nSPS) is 25.8. The standard InChI is InChI=1S/C25H42N6O/c1-2-10-24(32)31-18-9-12-22(20-31)30-17-8-5-11-21(19-30)27-25-26-14-13-23(28-25)29-15-6-3-4-7-16-29/h13-14,21-22H,2-12,15-20H2,1H3,(H,26,27,28). The molecule has 0 aromatic carbocycles. The molecule has 1 amide bonds. The van der Waals surface area contributed by atoms with Crippen molar-refractivity contribution >= 4 is 17.7 Å². The lowest BCUT2D eigenvalue weighted by Gasteiger charge is -2.40. The number of likely N-dealkylation sites (tertiary alicyclic amines) is 2. The second-order valence-corrected chi connectivity index (χ2v) is 9.86. The molecule has 1 aromatic rings. The Bertz CT molecular complexity index is 720. The van der Waals surface area contributed by atoms with Crippen LogP contribution in [0.5, 0.6) is 0 Å². The van der Waals surface area contributed by atoms with Crippen molar-refractivity contribution in [3.05, 3.63) is 12.3 Å². The lowest BCUT2D eigenvalue weighted by atomic mass is 10.0. The fourth-order valence-electron chi connectivity index (χ4n) is 5.55. The first-order valence-electron chi connectivity index (χ1n) is 13.1. The summed E-state index contributed by atoms with van der Waals surface area (Å²) in [6, 6.07) is 2.90. The summed E-state index contributed by atoms with van der Waals surface area (Å²) in [7, 11) is 0. The predicted molar refractivity (Wildman–Crippen MR) is 130 cm³/mol. The Balaban J connectivity index is 1.37. The fraction of sp³-hybridized carbons (Fsp3) is 0.800. The average molecular weight is 443 g/mol. The highest BCUT2D eigenvalue weighted by molar-refractivity contribution is 5.76. The molecule has 0 bridgehead atoms. The van der Waals surface area contributed by atoms with E-state index in [9.17, 15) is 4.79 Å². The number of piperidine rings is 1. The minimum Gasteiger partial charge on any atom is -0.356 e. The molecule has 0 aliphatic carbocycles. The van der Waals surface area contributed by atoms with Crippen LogP contribution in [0.4, 0.5) is 11.8 Å². The molecular formula is C25H42N6O. The summed E-state index contributed by atoms with van der Waals surface area (Å²) in [6.07, 6.45) is 14.6. The van der Waals surface area contributed by atoms with Crippen molar-refractivity contribution in [1.29, 1.82) is 0 Å². The number of amides is 1. The lowest BCUT2D eigenvalue weighted by Crippen LogP contribution is -2.51. The summed E-state index contributed by atoms with van der Waals surface area (Å²) in [5.74, 6) is 2.16. The zero-order chi connectivity index (χ0) is 22.2. The molecule has 0 radical (unpaired) electrons. The van der Waals surface area contributed by atoms with E-state index in [0.29, 0.717) is 24.4 Å². The Hall–Kier alpha value is -1.89. The third-order valence-electron chi connectivity index (χ3n) is 7.34. The van der Waals surface area contributed by atoms with Gasteiger partial charge in [-0.05, 0) is 57.6 Å². The van der Waals surface area contributed by atoms with Crippen LogP contribution in [-0.2, 0) is 4.79 Å². The number of hydrogen-bond donors (Lipinski definition) is 1.